The van der Waals surface area contributed by atoms with Crippen LogP contribution in [0.1, 0.15) is 36.0 Å². The van der Waals surface area contributed by atoms with Crippen LogP contribution in [0.15, 0.2) is 18.7 Å². The Morgan fingerprint density at radius 1 is 1.11 bits per heavy atom. The summed E-state index contributed by atoms with van der Waals surface area (Å²) in [7, 11) is -2.96. The molecule has 2 fully saturated rings. The number of aromatic nitrogens is 2. The van der Waals surface area contributed by atoms with Crippen LogP contribution in [0.4, 0.5) is 0 Å². The predicted molar refractivity (Wildman–Crippen MR) is 64.8 cm³/mol. The highest BCUT2D eigenvalue weighted by atomic mass is 32.2. The standard InChI is InChI=1S/C12H14N2O3S/c15-12(9-5-13-7-14-6-9)8-3-10-1-2-11(4-8)18(10,16)17/h5-8,10-11H,1-4H2. The first-order valence-corrected chi connectivity index (χ1v) is 7.72. The van der Waals surface area contributed by atoms with Crippen LogP contribution in [0.5, 0.6) is 0 Å². The quantitative estimate of drug-likeness (QED) is 0.747. The predicted octanol–water partition coefficient (Wildman–Crippen LogP) is 1.02. The number of carbonyl (C=O) groups excluding carboxylic acids is 1. The second-order valence-corrected chi connectivity index (χ2v) is 7.58. The minimum atomic E-state index is -2.96. The maximum atomic E-state index is 12.3. The van der Waals surface area contributed by atoms with Crippen molar-refractivity contribution in [1.82, 2.24) is 9.97 Å². The van der Waals surface area contributed by atoms with Gasteiger partial charge in [-0.1, -0.05) is 0 Å². The van der Waals surface area contributed by atoms with Gasteiger partial charge in [-0.2, -0.15) is 0 Å². The molecular weight excluding hydrogens is 252 g/mol. The summed E-state index contributed by atoms with van der Waals surface area (Å²) < 4.78 is 23.9. The second kappa shape index (κ2) is 4.12. The van der Waals surface area contributed by atoms with Crippen LogP contribution in [0.3, 0.4) is 0 Å². The van der Waals surface area contributed by atoms with E-state index in [2.05, 4.69) is 9.97 Å². The maximum absolute atomic E-state index is 12.3. The molecule has 0 radical (unpaired) electrons. The normalized spacial score (nSPS) is 33.2. The first-order valence-electron chi connectivity index (χ1n) is 6.11. The Morgan fingerprint density at radius 2 is 1.67 bits per heavy atom. The number of Topliss-reactive ketones (excluding diaryl/α,β-unsaturated/α-hetero) is 1. The van der Waals surface area contributed by atoms with E-state index in [-0.39, 0.29) is 22.2 Å². The fraction of sp³-hybridized carbons (Fsp3) is 0.583. The summed E-state index contributed by atoms with van der Waals surface area (Å²) >= 11 is 0. The van der Waals surface area contributed by atoms with Crippen LogP contribution in [-0.2, 0) is 9.84 Å². The molecule has 0 N–H and O–H groups in total. The number of hydrogen-bond donors (Lipinski definition) is 0. The zero-order valence-electron chi connectivity index (χ0n) is 9.82. The van der Waals surface area contributed by atoms with Crippen molar-refractivity contribution in [2.75, 3.05) is 0 Å². The Balaban J connectivity index is 1.83. The Bertz CT molecular complexity index is 550. The number of carbonyl (C=O) groups is 1. The van der Waals surface area contributed by atoms with Gasteiger partial charge in [0.1, 0.15) is 6.33 Å². The number of sulfone groups is 1. The van der Waals surface area contributed by atoms with E-state index in [1.165, 1.54) is 18.7 Å². The molecule has 1 aromatic heterocycles. The average molecular weight is 266 g/mol. The van der Waals surface area contributed by atoms with Crippen LogP contribution in [0.2, 0.25) is 0 Å². The number of ketones is 1. The van der Waals surface area contributed by atoms with Gasteiger partial charge in [0, 0.05) is 18.3 Å². The fourth-order valence-corrected chi connectivity index (χ4v) is 5.56. The first-order chi connectivity index (χ1) is 8.59. The van der Waals surface area contributed by atoms with E-state index in [1.54, 1.807) is 0 Å². The number of fused-ring (bicyclic) bond motifs is 2. The molecule has 0 aromatic carbocycles. The van der Waals surface area contributed by atoms with Gasteiger partial charge in [0.05, 0.1) is 16.1 Å². The van der Waals surface area contributed by atoms with E-state index in [1.807, 2.05) is 0 Å². The molecule has 0 aliphatic carbocycles. The van der Waals surface area contributed by atoms with E-state index in [0.29, 0.717) is 31.2 Å². The second-order valence-electron chi connectivity index (χ2n) is 5.07. The van der Waals surface area contributed by atoms with Crippen LogP contribution in [-0.4, -0.2) is 34.7 Å². The highest BCUT2D eigenvalue weighted by molar-refractivity contribution is 7.93. The third kappa shape index (κ3) is 1.75. The summed E-state index contributed by atoms with van der Waals surface area (Å²) in [5, 5.41) is -0.621. The monoisotopic (exact) mass is 266 g/mol. The molecule has 6 heteroatoms. The SMILES string of the molecule is O=C(c1cncnc1)C1CC2CCC(C1)S2(=O)=O. The average Bonchev–Trinajstić information content (AvgIpc) is 2.59. The van der Waals surface area contributed by atoms with Gasteiger partial charge in [0.2, 0.25) is 0 Å². The summed E-state index contributed by atoms with van der Waals surface area (Å²) in [6.07, 6.45) is 6.73. The number of nitrogens with zero attached hydrogens (tertiary/aromatic N) is 2. The topological polar surface area (TPSA) is 77.0 Å². The van der Waals surface area contributed by atoms with Crippen molar-refractivity contribution in [2.45, 2.75) is 36.2 Å². The maximum Gasteiger partial charge on any atom is 0.169 e. The molecule has 0 spiro atoms. The molecule has 2 unspecified atom stereocenters. The molecule has 2 aliphatic rings. The van der Waals surface area contributed by atoms with E-state index < -0.39 is 9.84 Å². The minimum Gasteiger partial charge on any atom is -0.294 e. The molecular formula is C12H14N2O3S. The van der Waals surface area contributed by atoms with Gasteiger partial charge in [-0.25, -0.2) is 18.4 Å². The van der Waals surface area contributed by atoms with Crippen molar-refractivity contribution < 1.29 is 13.2 Å². The summed E-state index contributed by atoms with van der Waals surface area (Å²) in [6.45, 7) is 0. The van der Waals surface area contributed by atoms with Gasteiger partial charge >= 0.3 is 0 Å². The van der Waals surface area contributed by atoms with Crippen molar-refractivity contribution in [2.24, 2.45) is 5.92 Å². The number of rotatable bonds is 2. The lowest BCUT2D eigenvalue weighted by Gasteiger charge is -2.26. The van der Waals surface area contributed by atoms with Crippen molar-refractivity contribution in [3.63, 3.8) is 0 Å². The molecule has 2 atom stereocenters. The van der Waals surface area contributed by atoms with Crippen LogP contribution in [0, 0.1) is 5.92 Å². The van der Waals surface area contributed by atoms with Gasteiger partial charge < -0.3 is 0 Å². The molecule has 2 aliphatic heterocycles. The fourth-order valence-electron chi connectivity index (χ4n) is 3.08. The molecule has 3 heterocycles. The Labute approximate surface area is 106 Å². The Hall–Kier alpha value is -1.30. The highest BCUT2D eigenvalue weighted by Crippen LogP contribution is 2.41. The molecule has 1 aromatic rings. The largest absolute Gasteiger partial charge is 0.294 e. The van der Waals surface area contributed by atoms with Gasteiger partial charge in [-0.15, -0.1) is 0 Å². The zero-order valence-corrected chi connectivity index (χ0v) is 10.6. The highest BCUT2D eigenvalue weighted by Gasteiger charge is 2.48. The van der Waals surface area contributed by atoms with Crippen LogP contribution in [0.25, 0.3) is 0 Å². The summed E-state index contributed by atoms with van der Waals surface area (Å²) in [4.78, 5) is 19.9. The molecule has 5 nitrogen and oxygen atoms in total. The van der Waals surface area contributed by atoms with E-state index in [9.17, 15) is 13.2 Å². The molecule has 0 saturated carbocycles. The number of hydrogen-bond acceptors (Lipinski definition) is 5. The lowest BCUT2D eigenvalue weighted by atomic mass is 9.91. The third-order valence-electron chi connectivity index (χ3n) is 4.05. The smallest absolute Gasteiger partial charge is 0.169 e. The molecule has 3 rings (SSSR count). The first kappa shape index (κ1) is 11.8. The van der Waals surface area contributed by atoms with E-state index in [4.69, 9.17) is 0 Å². The van der Waals surface area contributed by atoms with Crippen LogP contribution >= 0.6 is 0 Å². The summed E-state index contributed by atoms with van der Waals surface area (Å²) in [5.74, 6) is -0.195. The van der Waals surface area contributed by atoms with Crippen molar-refractivity contribution in [1.29, 1.82) is 0 Å². The zero-order chi connectivity index (χ0) is 12.8. The molecule has 96 valence electrons. The van der Waals surface area contributed by atoms with Crippen molar-refractivity contribution in [3.05, 3.63) is 24.3 Å². The summed E-state index contributed by atoms with van der Waals surface area (Å²) in [6, 6.07) is 0. The Morgan fingerprint density at radius 3 is 2.22 bits per heavy atom. The lowest BCUT2D eigenvalue weighted by Crippen LogP contribution is -2.36. The van der Waals surface area contributed by atoms with Crippen molar-refractivity contribution in [3.8, 4) is 0 Å². The minimum absolute atomic E-state index is 0.0117. The van der Waals surface area contributed by atoms with E-state index in [0.717, 1.165) is 0 Å². The van der Waals surface area contributed by atoms with Gasteiger partial charge in [0.25, 0.3) is 0 Å². The lowest BCUT2D eigenvalue weighted by molar-refractivity contribution is 0.0904. The van der Waals surface area contributed by atoms with E-state index >= 15 is 0 Å². The van der Waals surface area contributed by atoms with Crippen molar-refractivity contribution >= 4 is 15.6 Å². The van der Waals surface area contributed by atoms with Gasteiger partial charge in [-0.3, -0.25) is 4.79 Å². The molecule has 18 heavy (non-hydrogen) atoms. The third-order valence-corrected chi connectivity index (χ3v) is 6.77. The Kier molecular flexibility index (Phi) is 2.69. The van der Waals surface area contributed by atoms with Crippen LogP contribution < -0.4 is 0 Å². The van der Waals surface area contributed by atoms with Gasteiger partial charge in [-0.05, 0) is 25.7 Å². The molecule has 2 saturated heterocycles. The summed E-state index contributed by atoms with van der Waals surface area (Å²) in [5.41, 5.74) is 0.487. The molecule has 0 amide bonds. The molecule has 2 bridgehead atoms. The van der Waals surface area contributed by atoms with Gasteiger partial charge in [0.15, 0.2) is 15.6 Å².